The molecule has 0 spiro atoms. The number of imidazole rings is 1. The third-order valence-corrected chi connectivity index (χ3v) is 13.4. The molecule has 0 fully saturated rings. The van der Waals surface area contributed by atoms with Gasteiger partial charge in [0.15, 0.2) is 0 Å². The smallest absolute Gasteiger partial charge is 0.269 e. The Morgan fingerprint density at radius 1 is 0.577 bits per heavy atom. The van der Waals surface area contributed by atoms with Gasteiger partial charge in [0, 0.05) is 23.0 Å². The van der Waals surface area contributed by atoms with E-state index in [9.17, 15) is 2.74 Å². The van der Waals surface area contributed by atoms with Crippen molar-refractivity contribution in [1.29, 1.82) is 0 Å². The van der Waals surface area contributed by atoms with Crippen LogP contribution in [-0.2, 0) is 17.3 Å². The summed E-state index contributed by atoms with van der Waals surface area (Å²) in [6, 6.07) is 54.3. The second-order valence-electron chi connectivity index (χ2n) is 21.1. The van der Waals surface area contributed by atoms with Crippen molar-refractivity contribution < 1.29 is 16.2 Å². The molecule has 11 rings (SSSR count). The van der Waals surface area contributed by atoms with Crippen molar-refractivity contribution in [2.75, 3.05) is 0 Å². The minimum absolute atomic E-state index is 0.109. The molecule has 0 saturated heterocycles. The fourth-order valence-corrected chi connectivity index (χ4v) is 9.79. The second-order valence-corrected chi connectivity index (χ2v) is 21.1. The lowest BCUT2D eigenvalue weighted by Crippen LogP contribution is -2.31. The first kappa shape index (κ1) is 39.8. The highest BCUT2D eigenvalue weighted by Gasteiger charge is 2.25. The topological polar surface area (TPSA) is 35.9 Å². The van der Waals surface area contributed by atoms with Crippen LogP contribution >= 0.6 is 0 Å². The van der Waals surface area contributed by atoms with E-state index in [-0.39, 0.29) is 28.5 Å². The zero-order valence-electron chi connectivity index (χ0n) is 46.6. The summed E-state index contributed by atoms with van der Waals surface area (Å²) >= 11 is 0. The summed E-state index contributed by atoms with van der Waals surface area (Å²) in [5.41, 5.74) is 12.6. The Bertz CT molecular complexity index is 4000. The van der Waals surface area contributed by atoms with E-state index in [1.807, 2.05) is 76.0 Å². The molecule has 11 aromatic rings. The standard InChI is InChI=1S/C66H60N4O/c1-44(2)35-45-33-34-67-63(36-45)70-59-28-16-15-25-57(59)58-31-30-54(42-61(58)70)71-53-24-17-23-52(41-53)68-43-69(62-39-48(29-32-60(62)68)46-19-11-9-12-20-46)64-55(47-21-13-10-14-22-47)26-18-27-56(64)49-37-50(65(3,4)5)40-51(38-49)66(6,7)8/h9-34,36-42,44H,35H2,1-8H3/i10D,13D,14D,21D,22D. The van der Waals surface area contributed by atoms with E-state index in [0.29, 0.717) is 28.7 Å². The van der Waals surface area contributed by atoms with Crippen LogP contribution in [0, 0.1) is 12.2 Å². The van der Waals surface area contributed by atoms with Gasteiger partial charge in [-0.3, -0.25) is 13.7 Å². The fourth-order valence-electron chi connectivity index (χ4n) is 9.79. The Kier molecular flexibility index (Phi) is 10.1. The molecule has 0 N–H and O–H groups in total. The lowest BCUT2D eigenvalue weighted by atomic mass is 9.78. The highest BCUT2D eigenvalue weighted by atomic mass is 16.5. The van der Waals surface area contributed by atoms with Gasteiger partial charge in [-0.2, -0.15) is 0 Å². The minimum atomic E-state index is -0.444. The van der Waals surface area contributed by atoms with Crippen LogP contribution < -0.4 is 9.30 Å². The molecule has 350 valence electrons. The molecule has 0 amide bonds. The quantitative estimate of drug-likeness (QED) is 0.101. The van der Waals surface area contributed by atoms with Gasteiger partial charge in [0.2, 0.25) is 0 Å². The third-order valence-electron chi connectivity index (χ3n) is 13.4. The normalized spacial score (nSPS) is 13.1. The molecule has 0 aliphatic rings. The van der Waals surface area contributed by atoms with E-state index < -0.39 is 18.1 Å². The van der Waals surface area contributed by atoms with Gasteiger partial charge in [-0.05, 0) is 128 Å². The van der Waals surface area contributed by atoms with Gasteiger partial charge >= 0.3 is 0 Å². The van der Waals surface area contributed by atoms with Gasteiger partial charge < -0.3 is 4.74 Å². The molecule has 0 radical (unpaired) electrons. The number of para-hydroxylation sites is 2. The minimum Gasteiger partial charge on any atom is -0.458 e. The number of benzene rings is 8. The largest absolute Gasteiger partial charge is 0.458 e. The number of ether oxygens (including phenoxy) is 1. The van der Waals surface area contributed by atoms with Gasteiger partial charge in [0.05, 0.1) is 40.3 Å². The maximum atomic E-state index is 9.35. The molecule has 0 aliphatic carbocycles. The molecular formula is C66H60N4O. The highest BCUT2D eigenvalue weighted by Crippen LogP contribution is 2.40. The number of rotatable bonds is 10. The molecule has 0 aliphatic heterocycles. The van der Waals surface area contributed by atoms with Crippen LogP contribution in [0.3, 0.4) is 0 Å². The van der Waals surface area contributed by atoms with E-state index in [1.165, 1.54) is 5.56 Å². The lowest BCUT2D eigenvalue weighted by Gasteiger charge is -2.27. The van der Waals surface area contributed by atoms with E-state index in [2.05, 4.69) is 169 Å². The summed E-state index contributed by atoms with van der Waals surface area (Å²) in [5, 5.41) is 2.23. The van der Waals surface area contributed by atoms with Crippen molar-refractivity contribution in [2.45, 2.75) is 72.6 Å². The molecule has 8 aromatic carbocycles. The average Bonchev–Trinajstić information content (AvgIpc) is 3.98. The van der Waals surface area contributed by atoms with Gasteiger partial charge in [0.25, 0.3) is 6.33 Å². The average molecular weight is 930 g/mol. The van der Waals surface area contributed by atoms with E-state index in [1.54, 1.807) is 0 Å². The molecule has 3 heterocycles. The number of pyridine rings is 1. The maximum absolute atomic E-state index is 9.35. The van der Waals surface area contributed by atoms with Crippen LogP contribution in [0.25, 0.3) is 83.4 Å². The summed E-state index contributed by atoms with van der Waals surface area (Å²) in [6.45, 7) is 17.7. The number of fused-ring (bicyclic) bond motifs is 4. The van der Waals surface area contributed by atoms with Crippen LogP contribution in [0.5, 0.6) is 11.5 Å². The summed E-state index contributed by atoms with van der Waals surface area (Å²) in [5.74, 6) is 2.65. The fraction of sp³-hybridized carbons (Fsp3) is 0.182. The predicted octanol–water partition coefficient (Wildman–Crippen LogP) is 16.8. The van der Waals surface area contributed by atoms with Gasteiger partial charge in [-0.25, -0.2) is 4.98 Å². The molecule has 0 unspecified atom stereocenters. The van der Waals surface area contributed by atoms with Crippen molar-refractivity contribution in [3.05, 3.63) is 223 Å². The van der Waals surface area contributed by atoms with Crippen LogP contribution in [0.2, 0.25) is 0 Å². The van der Waals surface area contributed by atoms with Gasteiger partial charge in [0.1, 0.15) is 17.3 Å². The number of hydrogen-bond acceptors (Lipinski definition) is 2. The molecule has 71 heavy (non-hydrogen) atoms. The first-order chi connectivity index (χ1) is 36.3. The van der Waals surface area contributed by atoms with Crippen LogP contribution in [-0.4, -0.2) is 14.1 Å². The third kappa shape index (κ3) is 8.82. The number of aromatic nitrogens is 4. The monoisotopic (exact) mass is 930 g/mol. The SMILES string of the molecule is [2H]c1c([2H])c([2H])c(-c2cccc(-c3cc(C(C)(C)C)cc(C(C)(C)C)c3)c2-[n+]2[c-]n(-c3cccc(Oc4ccc5c6ccccc6n(-c6cc(CC(C)C)ccn6)c5c4)c3)c3ccc(-c4ccccc4)cc32)c([2H])c1[2H]. The molecule has 3 aromatic heterocycles. The van der Waals surface area contributed by atoms with Gasteiger partial charge in [-0.15, -0.1) is 0 Å². The summed E-state index contributed by atoms with van der Waals surface area (Å²) in [7, 11) is 0. The van der Waals surface area contributed by atoms with E-state index in [0.717, 1.165) is 84.1 Å². The van der Waals surface area contributed by atoms with Gasteiger partial charge in [-0.1, -0.05) is 189 Å². The molecule has 5 nitrogen and oxygen atoms in total. The summed E-state index contributed by atoms with van der Waals surface area (Å²) in [6.07, 6.45) is 6.63. The Balaban J connectivity index is 1.13. The zero-order chi connectivity index (χ0) is 53.4. The number of nitrogens with zero attached hydrogens (tertiary/aromatic N) is 4. The van der Waals surface area contributed by atoms with Crippen molar-refractivity contribution in [2.24, 2.45) is 5.92 Å². The summed E-state index contributed by atoms with van der Waals surface area (Å²) in [4.78, 5) is 4.88. The Hall–Kier alpha value is -8.02. The van der Waals surface area contributed by atoms with Crippen LogP contribution in [0.1, 0.15) is 78.9 Å². The maximum Gasteiger partial charge on any atom is 0.269 e. The summed E-state index contributed by atoms with van der Waals surface area (Å²) < 4.78 is 58.0. The Morgan fingerprint density at radius 3 is 2.01 bits per heavy atom. The predicted molar refractivity (Wildman–Crippen MR) is 295 cm³/mol. The first-order valence-corrected chi connectivity index (χ1v) is 24.5. The Morgan fingerprint density at radius 2 is 1.27 bits per heavy atom. The highest BCUT2D eigenvalue weighted by molar-refractivity contribution is 6.09. The van der Waals surface area contributed by atoms with E-state index in [4.69, 9.17) is 13.8 Å². The lowest BCUT2D eigenvalue weighted by molar-refractivity contribution is -0.571. The molecular weight excluding hydrogens is 865 g/mol. The van der Waals surface area contributed by atoms with Crippen LogP contribution in [0.15, 0.2) is 200 Å². The molecule has 0 atom stereocenters. The molecule has 0 bridgehead atoms. The molecule has 0 saturated carbocycles. The Labute approximate surface area is 425 Å². The molecule has 5 heteroatoms. The van der Waals surface area contributed by atoms with Crippen molar-refractivity contribution in [1.82, 2.24) is 14.1 Å². The first-order valence-electron chi connectivity index (χ1n) is 27.0. The zero-order valence-corrected chi connectivity index (χ0v) is 41.6. The van der Waals surface area contributed by atoms with Crippen molar-refractivity contribution >= 4 is 32.8 Å². The van der Waals surface area contributed by atoms with Crippen molar-refractivity contribution in [3.8, 4) is 62.1 Å². The second kappa shape index (κ2) is 18.1. The number of hydrogen-bond donors (Lipinski definition) is 0. The van der Waals surface area contributed by atoms with Crippen molar-refractivity contribution in [3.63, 3.8) is 0 Å². The van der Waals surface area contributed by atoms with Crippen LogP contribution in [0.4, 0.5) is 0 Å². The van der Waals surface area contributed by atoms with E-state index >= 15 is 0 Å².